The van der Waals surface area contributed by atoms with Gasteiger partial charge in [-0.05, 0) is 31.8 Å². The van der Waals surface area contributed by atoms with Crippen molar-refractivity contribution in [3.05, 3.63) is 0 Å². The van der Waals surface area contributed by atoms with Crippen LogP contribution in [-0.2, 0) is 26.6 Å². The molecule has 0 saturated heterocycles. The summed E-state index contributed by atoms with van der Waals surface area (Å²) in [4.78, 5) is 0. The van der Waals surface area contributed by atoms with Crippen molar-refractivity contribution in [3.63, 3.8) is 0 Å². The van der Waals surface area contributed by atoms with Crippen molar-refractivity contribution in [2.45, 2.75) is 65.2 Å². The Morgan fingerprint density at radius 3 is 1.41 bits per heavy atom. The summed E-state index contributed by atoms with van der Waals surface area (Å²) in [6, 6.07) is 0. The fraction of sp³-hybridized carbons (Fsp3) is 1.00. The molecule has 0 aromatic carbocycles. The first kappa shape index (κ1) is 31.3. The predicted octanol–water partition coefficient (Wildman–Crippen LogP) is 2.61. The average Bonchev–Trinajstić information content (AvgIpc) is 2.75. The minimum absolute atomic E-state index is 0.146. The Labute approximate surface area is 182 Å². The van der Waals surface area contributed by atoms with Gasteiger partial charge in [0.05, 0.1) is 11.3 Å². The molecule has 2 atom stereocenters. The largest absolute Gasteiger partial charge is 0.518 e. The van der Waals surface area contributed by atoms with Gasteiger partial charge in [-0.3, -0.25) is 0 Å². The monoisotopic (exact) mass is 456 g/mol. The van der Waals surface area contributed by atoms with Gasteiger partial charge in [0.25, 0.3) is 0 Å². The highest BCUT2D eigenvalue weighted by atomic mass is 28.4. The Kier molecular flexibility index (Phi) is 19.2. The van der Waals surface area contributed by atoms with Crippen molar-refractivity contribution in [2.75, 3.05) is 55.7 Å². The summed E-state index contributed by atoms with van der Waals surface area (Å²) < 4.78 is 32.7. The second-order valence-corrected chi connectivity index (χ2v) is 13.2. The highest BCUT2D eigenvalue weighted by molar-refractivity contribution is 6.62. The summed E-state index contributed by atoms with van der Waals surface area (Å²) in [5.74, 6) is 0.418. The molecule has 0 spiro atoms. The van der Waals surface area contributed by atoms with Gasteiger partial charge in [-0.15, -0.1) is 0 Å². The van der Waals surface area contributed by atoms with Crippen LogP contribution in [0.3, 0.4) is 0 Å². The van der Waals surface area contributed by atoms with Crippen LogP contribution in [0.4, 0.5) is 0 Å². The molecule has 0 saturated carbocycles. The molecule has 0 aliphatic carbocycles. The maximum atomic E-state index is 5.45. The van der Waals surface area contributed by atoms with Gasteiger partial charge in [-0.2, -0.15) is 0 Å². The quantitative estimate of drug-likeness (QED) is 0.271. The average molecular weight is 457 g/mol. The van der Waals surface area contributed by atoms with Crippen molar-refractivity contribution in [1.29, 1.82) is 0 Å². The topological polar surface area (TPSA) is 79.4 Å². The van der Waals surface area contributed by atoms with E-state index in [9.17, 15) is 0 Å². The molecule has 0 heterocycles. The fourth-order valence-electron chi connectivity index (χ4n) is 3.27. The molecule has 0 fully saturated rings. The van der Waals surface area contributed by atoms with Gasteiger partial charge in [0.2, 0.25) is 0 Å². The summed E-state index contributed by atoms with van der Waals surface area (Å²) in [6.07, 6.45) is 3.30. The van der Waals surface area contributed by atoms with Gasteiger partial charge >= 0.3 is 17.6 Å². The summed E-state index contributed by atoms with van der Waals surface area (Å²) in [7, 11) is 4.85. The summed E-state index contributed by atoms with van der Waals surface area (Å²) >= 11 is 0. The number of hydrogen-bond acceptors (Lipinski definition) is 8. The zero-order chi connectivity index (χ0) is 22.9. The Morgan fingerprint density at radius 1 is 0.690 bits per heavy atom. The highest BCUT2D eigenvalue weighted by Crippen LogP contribution is 2.18. The molecule has 0 radical (unpaired) electrons. The molecule has 2 unspecified atom stereocenters. The van der Waals surface area contributed by atoms with Crippen LogP contribution < -0.4 is 10.6 Å². The van der Waals surface area contributed by atoms with E-state index in [2.05, 4.69) is 45.3 Å². The normalized spacial score (nSPS) is 14.5. The van der Waals surface area contributed by atoms with Crippen molar-refractivity contribution in [3.8, 4) is 0 Å². The number of rotatable bonds is 16. The van der Waals surface area contributed by atoms with E-state index in [4.69, 9.17) is 26.6 Å². The second-order valence-electron chi connectivity index (χ2n) is 6.98. The lowest BCUT2D eigenvalue weighted by Gasteiger charge is -2.35. The molecule has 0 rings (SSSR count). The van der Waals surface area contributed by atoms with Crippen LogP contribution in [0, 0.1) is 5.92 Å². The molecular weight excluding hydrogens is 408 g/mol. The van der Waals surface area contributed by atoms with E-state index in [-0.39, 0.29) is 11.3 Å². The van der Waals surface area contributed by atoms with Crippen molar-refractivity contribution >= 4 is 17.6 Å². The van der Waals surface area contributed by atoms with Crippen LogP contribution in [0.25, 0.3) is 0 Å². The molecule has 0 amide bonds. The van der Waals surface area contributed by atoms with E-state index >= 15 is 0 Å². The molecule has 178 valence electrons. The Hall–Kier alpha value is 0.114. The van der Waals surface area contributed by atoms with Crippen LogP contribution in [0.1, 0.15) is 53.9 Å². The minimum atomic E-state index is -2.54. The van der Waals surface area contributed by atoms with Gasteiger partial charge in [0.1, 0.15) is 0 Å². The first-order valence-corrected chi connectivity index (χ1v) is 14.2. The van der Waals surface area contributed by atoms with Crippen LogP contribution in [0.15, 0.2) is 0 Å². The molecule has 10 heteroatoms. The van der Waals surface area contributed by atoms with Gasteiger partial charge in [0.15, 0.2) is 0 Å². The van der Waals surface area contributed by atoms with Gasteiger partial charge in [0, 0.05) is 42.7 Å². The van der Waals surface area contributed by atoms with E-state index in [1.54, 1.807) is 42.7 Å². The lowest BCUT2D eigenvalue weighted by molar-refractivity contribution is 0.0994. The van der Waals surface area contributed by atoms with Crippen LogP contribution in [0.2, 0.25) is 0 Å². The van der Waals surface area contributed by atoms with Crippen molar-refractivity contribution in [2.24, 2.45) is 5.92 Å². The first-order chi connectivity index (χ1) is 13.8. The Bertz CT molecular complexity index is 356. The second kappa shape index (κ2) is 17.8. The van der Waals surface area contributed by atoms with E-state index < -0.39 is 17.6 Å². The van der Waals surface area contributed by atoms with E-state index in [1.165, 1.54) is 6.42 Å². The molecule has 0 bridgehead atoms. The molecule has 0 aliphatic heterocycles. The van der Waals surface area contributed by atoms with Crippen LogP contribution in [0.5, 0.6) is 0 Å². The first-order valence-electron chi connectivity index (χ1n) is 10.6. The summed E-state index contributed by atoms with van der Waals surface area (Å²) in [5, 5.41) is 6.81. The zero-order valence-electron chi connectivity index (χ0n) is 20.7. The highest BCUT2D eigenvalue weighted by Gasteiger charge is 2.48. The predicted molar refractivity (Wildman–Crippen MR) is 123 cm³/mol. The van der Waals surface area contributed by atoms with Crippen molar-refractivity contribution < 1.29 is 26.6 Å². The van der Waals surface area contributed by atoms with Gasteiger partial charge in [-0.25, -0.2) is 0 Å². The molecule has 0 aliphatic rings. The summed E-state index contributed by atoms with van der Waals surface area (Å²) in [6.45, 7) is 12.5. The smallest absolute Gasteiger partial charge is 0.376 e. The van der Waals surface area contributed by atoms with Gasteiger partial charge < -0.3 is 37.2 Å². The van der Waals surface area contributed by atoms with E-state index in [0.717, 1.165) is 25.9 Å². The minimum Gasteiger partial charge on any atom is -0.376 e. The third-order valence-electron chi connectivity index (χ3n) is 4.93. The summed E-state index contributed by atoms with van der Waals surface area (Å²) in [5.41, 5.74) is 0.330. The molecule has 29 heavy (non-hydrogen) atoms. The molecule has 8 nitrogen and oxygen atoms in total. The third-order valence-corrected chi connectivity index (χ3v) is 11.4. The maximum absolute atomic E-state index is 5.45. The van der Waals surface area contributed by atoms with E-state index in [1.807, 2.05) is 0 Å². The standard InChI is InChI=1S/C10H25NO3Si.C9H23NO3Si/c1-6-8-9-11-10(7-2)15(12-3,13-4)14-5;1-7-10-9(8(2)3)14(11-4,12-5)13-6/h10-11H,6-9H2,1-5H3;8-10H,7H2,1-6H3. The van der Waals surface area contributed by atoms with Crippen LogP contribution in [-0.4, -0.2) is 84.7 Å². The SMILES string of the molecule is CCCCNC(CC)[Si](OC)(OC)OC.CCNC(C(C)C)[Si](OC)(OC)OC. The van der Waals surface area contributed by atoms with E-state index in [0.29, 0.717) is 5.92 Å². The molecular formula is C19H48N2O6Si2. The van der Waals surface area contributed by atoms with Crippen molar-refractivity contribution in [1.82, 2.24) is 10.6 Å². The number of nitrogens with one attached hydrogen (secondary N) is 2. The Morgan fingerprint density at radius 2 is 1.14 bits per heavy atom. The maximum Gasteiger partial charge on any atom is 0.518 e. The fourth-order valence-corrected chi connectivity index (χ4v) is 8.05. The lowest BCUT2D eigenvalue weighted by atomic mass is 10.2. The molecule has 0 aromatic heterocycles. The molecule has 2 N–H and O–H groups in total. The number of unbranched alkanes of at least 4 members (excludes halogenated alkanes) is 1. The van der Waals surface area contributed by atoms with Gasteiger partial charge in [-0.1, -0.05) is 41.0 Å². The zero-order valence-corrected chi connectivity index (χ0v) is 22.7. The number of hydrogen-bond donors (Lipinski definition) is 2. The lowest BCUT2D eigenvalue weighted by Crippen LogP contribution is -2.62. The molecule has 0 aromatic rings. The Balaban J connectivity index is 0. The van der Waals surface area contributed by atoms with Crippen LogP contribution >= 0.6 is 0 Å². The third kappa shape index (κ3) is 9.85.